The summed E-state index contributed by atoms with van der Waals surface area (Å²) >= 11 is 0. The lowest BCUT2D eigenvalue weighted by Crippen LogP contribution is -2.40. The van der Waals surface area contributed by atoms with Crippen molar-refractivity contribution in [2.75, 3.05) is 38.8 Å². The quantitative estimate of drug-likeness (QED) is 0.473. The zero-order valence-corrected chi connectivity index (χ0v) is 17.4. The van der Waals surface area contributed by atoms with E-state index < -0.39 is 0 Å². The third-order valence-corrected chi connectivity index (χ3v) is 6.12. The summed E-state index contributed by atoms with van der Waals surface area (Å²) in [6.07, 6.45) is 5.80. The fourth-order valence-electron chi connectivity index (χ4n) is 2.21. The van der Waals surface area contributed by atoms with Gasteiger partial charge in [-0.25, -0.2) is 0 Å². The molecule has 0 atom stereocenters. The lowest BCUT2D eigenvalue weighted by molar-refractivity contribution is -0.121. The third-order valence-electron chi connectivity index (χ3n) is 3.50. The zero-order valence-electron chi connectivity index (χ0n) is 15.8. The second-order valence-electron chi connectivity index (χ2n) is 6.32. The molecule has 0 aliphatic rings. The maximum atomic E-state index is 12.2. The van der Waals surface area contributed by atoms with Crippen LogP contribution in [0.4, 0.5) is 5.69 Å². The molecule has 1 amide bonds. The third kappa shape index (κ3) is 7.92. The molecule has 1 aromatic rings. The average Bonchev–Trinajstić information content (AvgIpc) is 2.58. The van der Waals surface area contributed by atoms with E-state index in [1.165, 1.54) is 0 Å². The standard InChI is InChI=1S/C19H29N3OS2/c1-7-15(16-8-10-17(20-4)11-9-16)12-22(5)13-18(23)21-14-19(2,3)25-24-6/h7-12,20H,1,13-14H2,2-6H3,(H,21,23)/b15-12+. The Morgan fingerprint density at radius 1 is 1.32 bits per heavy atom. The lowest BCUT2D eigenvalue weighted by Gasteiger charge is -2.23. The van der Waals surface area contributed by atoms with Crippen molar-refractivity contribution in [2.24, 2.45) is 0 Å². The number of nitrogens with one attached hydrogen (secondary N) is 2. The van der Waals surface area contributed by atoms with Crippen molar-refractivity contribution in [3.63, 3.8) is 0 Å². The molecule has 0 saturated carbocycles. The van der Waals surface area contributed by atoms with Crippen LogP contribution in [0.1, 0.15) is 19.4 Å². The van der Waals surface area contributed by atoms with E-state index in [-0.39, 0.29) is 10.7 Å². The van der Waals surface area contributed by atoms with Gasteiger partial charge in [0.25, 0.3) is 0 Å². The number of benzene rings is 1. The van der Waals surface area contributed by atoms with E-state index in [0.29, 0.717) is 13.1 Å². The van der Waals surface area contributed by atoms with Crippen molar-refractivity contribution in [3.8, 4) is 0 Å². The Labute approximate surface area is 159 Å². The van der Waals surface area contributed by atoms with Crippen molar-refractivity contribution in [1.82, 2.24) is 10.2 Å². The maximum absolute atomic E-state index is 12.2. The number of likely N-dealkylation sites (N-methyl/N-ethyl adjacent to an activating group) is 1. The molecular weight excluding hydrogens is 350 g/mol. The molecule has 0 fully saturated rings. The molecule has 25 heavy (non-hydrogen) atoms. The van der Waals surface area contributed by atoms with Gasteiger partial charge in [0.05, 0.1) is 6.54 Å². The number of allylic oxidation sites excluding steroid dienone is 2. The second-order valence-corrected chi connectivity index (χ2v) is 9.42. The predicted molar refractivity (Wildman–Crippen MR) is 115 cm³/mol. The van der Waals surface area contributed by atoms with E-state index in [1.807, 2.05) is 55.7 Å². The number of amides is 1. The Hall–Kier alpha value is -1.53. The first-order valence-electron chi connectivity index (χ1n) is 8.12. The van der Waals surface area contributed by atoms with Crippen LogP contribution >= 0.6 is 21.6 Å². The summed E-state index contributed by atoms with van der Waals surface area (Å²) < 4.78 is 0.0187. The van der Waals surface area contributed by atoms with E-state index >= 15 is 0 Å². The van der Waals surface area contributed by atoms with Crippen molar-refractivity contribution in [2.45, 2.75) is 18.6 Å². The zero-order chi connectivity index (χ0) is 18.9. The molecule has 0 aliphatic carbocycles. The Morgan fingerprint density at radius 2 is 1.96 bits per heavy atom. The number of anilines is 1. The first kappa shape index (κ1) is 21.5. The number of hydrogen-bond donors (Lipinski definition) is 2. The highest BCUT2D eigenvalue weighted by molar-refractivity contribution is 8.76. The van der Waals surface area contributed by atoms with Gasteiger partial charge in [0.15, 0.2) is 0 Å². The van der Waals surface area contributed by atoms with Crippen LogP contribution in [0.3, 0.4) is 0 Å². The van der Waals surface area contributed by atoms with Gasteiger partial charge in [-0.05, 0) is 43.4 Å². The van der Waals surface area contributed by atoms with Crippen LogP contribution in [0, 0.1) is 0 Å². The smallest absolute Gasteiger partial charge is 0.239 e. The molecule has 0 saturated heterocycles. The van der Waals surface area contributed by atoms with E-state index in [9.17, 15) is 4.79 Å². The molecule has 0 unspecified atom stereocenters. The summed E-state index contributed by atoms with van der Waals surface area (Å²) in [6.45, 7) is 9.10. The fraction of sp³-hybridized carbons (Fsp3) is 0.421. The van der Waals surface area contributed by atoms with Crippen LogP contribution in [0.5, 0.6) is 0 Å². The number of carbonyl (C=O) groups excluding carboxylic acids is 1. The second kappa shape index (κ2) is 10.5. The molecule has 2 N–H and O–H groups in total. The van der Waals surface area contributed by atoms with Gasteiger partial charge >= 0.3 is 0 Å². The summed E-state index contributed by atoms with van der Waals surface area (Å²) in [5, 5.41) is 6.11. The average molecular weight is 380 g/mol. The SMILES string of the molecule is C=C/C(=C\N(C)CC(=O)NCC(C)(C)SSC)c1ccc(NC)cc1. The minimum atomic E-state index is 0.0162. The molecule has 4 nitrogen and oxygen atoms in total. The first-order chi connectivity index (χ1) is 11.8. The highest BCUT2D eigenvalue weighted by Crippen LogP contribution is 2.32. The van der Waals surface area contributed by atoms with Crippen LogP contribution in [0.2, 0.25) is 0 Å². The van der Waals surface area contributed by atoms with Gasteiger partial charge in [-0.15, -0.1) is 0 Å². The van der Waals surface area contributed by atoms with Gasteiger partial charge in [-0.1, -0.05) is 46.4 Å². The van der Waals surface area contributed by atoms with Gasteiger partial charge in [0.2, 0.25) is 5.91 Å². The van der Waals surface area contributed by atoms with E-state index in [0.717, 1.165) is 16.8 Å². The Kier molecular flexibility index (Phi) is 9.00. The number of nitrogens with zero attached hydrogens (tertiary/aromatic N) is 1. The van der Waals surface area contributed by atoms with Crippen LogP contribution in [0.25, 0.3) is 5.57 Å². The molecule has 1 rings (SSSR count). The highest BCUT2D eigenvalue weighted by Gasteiger charge is 2.19. The molecule has 0 bridgehead atoms. The summed E-state index contributed by atoms with van der Waals surface area (Å²) in [5.74, 6) is 0.0162. The van der Waals surface area contributed by atoms with Gasteiger partial charge in [0, 0.05) is 37.3 Å². The Balaban J connectivity index is 2.64. The number of carbonyl (C=O) groups is 1. The summed E-state index contributed by atoms with van der Waals surface area (Å²) in [4.78, 5) is 14.0. The molecule has 0 radical (unpaired) electrons. The fourth-order valence-corrected chi connectivity index (χ4v) is 4.32. The van der Waals surface area contributed by atoms with Crippen LogP contribution < -0.4 is 10.6 Å². The highest BCUT2D eigenvalue weighted by atomic mass is 33.1. The maximum Gasteiger partial charge on any atom is 0.239 e. The lowest BCUT2D eigenvalue weighted by atomic mass is 10.1. The van der Waals surface area contributed by atoms with Gasteiger partial charge in [-0.3, -0.25) is 4.79 Å². The molecule has 0 aromatic heterocycles. The van der Waals surface area contributed by atoms with Crippen molar-refractivity contribution < 1.29 is 4.79 Å². The minimum Gasteiger partial charge on any atom is -0.388 e. The molecule has 0 aliphatic heterocycles. The van der Waals surface area contributed by atoms with Crippen LogP contribution in [-0.2, 0) is 4.79 Å². The monoisotopic (exact) mass is 379 g/mol. The molecule has 6 heteroatoms. The Bertz CT molecular complexity index is 597. The minimum absolute atomic E-state index is 0.0162. The van der Waals surface area contributed by atoms with E-state index in [4.69, 9.17) is 0 Å². The van der Waals surface area contributed by atoms with Crippen molar-refractivity contribution >= 4 is 38.8 Å². The number of hydrogen-bond acceptors (Lipinski definition) is 5. The largest absolute Gasteiger partial charge is 0.388 e. The van der Waals surface area contributed by atoms with Gasteiger partial charge in [0.1, 0.15) is 0 Å². The van der Waals surface area contributed by atoms with Gasteiger partial charge < -0.3 is 15.5 Å². The summed E-state index contributed by atoms with van der Waals surface area (Å²) in [6, 6.07) is 8.11. The summed E-state index contributed by atoms with van der Waals surface area (Å²) in [7, 11) is 7.27. The predicted octanol–water partition coefficient (Wildman–Crippen LogP) is 4.09. The number of rotatable bonds is 10. The van der Waals surface area contributed by atoms with Crippen LogP contribution in [0.15, 0.2) is 43.1 Å². The van der Waals surface area contributed by atoms with Crippen molar-refractivity contribution in [1.29, 1.82) is 0 Å². The summed E-state index contributed by atoms with van der Waals surface area (Å²) in [5.41, 5.74) is 3.11. The van der Waals surface area contributed by atoms with E-state index in [1.54, 1.807) is 27.7 Å². The van der Waals surface area contributed by atoms with Crippen molar-refractivity contribution in [3.05, 3.63) is 48.7 Å². The molecule has 1 aromatic carbocycles. The Morgan fingerprint density at radius 3 is 2.48 bits per heavy atom. The van der Waals surface area contributed by atoms with E-state index in [2.05, 4.69) is 31.1 Å². The molecule has 138 valence electrons. The molecule has 0 spiro atoms. The normalized spacial score (nSPS) is 11.8. The van der Waals surface area contributed by atoms with Gasteiger partial charge in [-0.2, -0.15) is 0 Å². The first-order valence-corrected chi connectivity index (χ1v) is 10.7. The van der Waals surface area contributed by atoms with Crippen LogP contribution in [-0.4, -0.2) is 49.0 Å². The molecule has 0 heterocycles. The topological polar surface area (TPSA) is 44.4 Å². The molecular formula is C19H29N3OS2.